The molecule has 1 atom stereocenters. The molecule has 0 aliphatic heterocycles. The first kappa shape index (κ1) is 12.5. The molecule has 0 heterocycles. The summed E-state index contributed by atoms with van der Waals surface area (Å²) >= 11 is 0. The van der Waals surface area contributed by atoms with E-state index in [9.17, 15) is 4.79 Å². The van der Waals surface area contributed by atoms with Crippen LogP contribution in [-0.2, 0) is 9.53 Å². The lowest BCUT2D eigenvalue weighted by Crippen LogP contribution is -2.48. The highest BCUT2D eigenvalue weighted by Crippen LogP contribution is 2.23. The van der Waals surface area contributed by atoms with E-state index in [0.29, 0.717) is 18.7 Å². The van der Waals surface area contributed by atoms with Crippen molar-refractivity contribution in [2.75, 3.05) is 13.7 Å². The summed E-state index contributed by atoms with van der Waals surface area (Å²) in [6, 6.07) is 0.322. The number of methoxy groups -OCH3 is 1. The van der Waals surface area contributed by atoms with Crippen LogP contribution in [0.15, 0.2) is 0 Å². The van der Waals surface area contributed by atoms with Gasteiger partial charge in [-0.2, -0.15) is 0 Å². The van der Waals surface area contributed by atoms with Crippen LogP contribution < -0.4 is 11.1 Å². The van der Waals surface area contributed by atoms with Crippen LogP contribution in [0.5, 0.6) is 0 Å². The Morgan fingerprint density at radius 2 is 2.27 bits per heavy atom. The molecule has 0 radical (unpaired) electrons. The van der Waals surface area contributed by atoms with Gasteiger partial charge in [0.2, 0.25) is 5.91 Å². The lowest BCUT2D eigenvalue weighted by Gasteiger charge is -2.35. The molecular formula is C11H22N2O2. The van der Waals surface area contributed by atoms with Gasteiger partial charge in [0.1, 0.15) is 0 Å². The van der Waals surface area contributed by atoms with Crippen LogP contribution in [0.1, 0.15) is 32.6 Å². The van der Waals surface area contributed by atoms with Crippen molar-refractivity contribution in [3.8, 4) is 0 Å². The van der Waals surface area contributed by atoms with E-state index in [2.05, 4.69) is 5.32 Å². The fourth-order valence-electron chi connectivity index (χ4n) is 1.77. The molecule has 3 N–H and O–H groups in total. The Balaban J connectivity index is 2.13. The highest BCUT2D eigenvalue weighted by molar-refractivity contribution is 5.78. The number of carbonyl (C=O) groups excluding carboxylic acids is 1. The largest absolute Gasteiger partial charge is 0.381 e. The summed E-state index contributed by atoms with van der Waals surface area (Å²) in [5.41, 5.74) is 5.40. The molecule has 0 spiro atoms. The van der Waals surface area contributed by atoms with E-state index in [0.717, 1.165) is 25.7 Å². The summed E-state index contributed by atoms with van der Waals surface area (Å²) < 4.78 is 5.16. The number of rotatable bonds is 6. The van der Waals surface area contributed by atoms with E-state index in [1.54, 1.807) is 7.11 Å². The minimum absolute atomic E-state index is 0.0788. The van der Waals surface area contributed by atoms with Gasteiger partial charge >= 0.3 is 0 Å². The van der Waals surface area contributed by atoms with Crippen LogP contribution in [0.3, 0.4) is 0 Å². The molecular weight excluding hydrogens is 192 g/mol. The van der Waals surface area contributed by atoms with Crippen molar-refractivity contribution in [2.24, 2.45) is 11.7 Å². The zero-order chi connectivity index (χ0) is 11.3. The zero-order valence-electron chi connectivity index (χ0n) is 9.66. The van der Waals surface area contributed by atoms with Gasteiger partial charge in [-0.25, -0.2) is 0 Å². The zero-order valence-corrected chi connectivity index (χ0v) is 9.66. The molecule has 1 rings (SSSR count). The lowest BCUT2D eigenvalue weighted by molar-refractivity contribution is -0.127. The SMILES string of the molecule is COC1CC(NC(=O)C(C)CCCN)C1. The fourth-order valence-corrected chi connectivity index (χ4v) is 1.77. The van der Waals surface area contributed by atoms with E-state index >= 15 is 0 Å². The Morgan fingerprint density at radius 1 is 1.60 bits per heavy atom. The molecule has 1 aliphatic carbocycles. The Hall–Kier alpha value is -0.610. The molecule has 1 amide bonds. The van der Waals surface area contributed by atoms with Crippen LogP contribution in [0, 0.1) is 5.92 Å². The standard InChI is InChI=1S/C11H22N2O2/c1-8(4-3-5-12)11(14)13-9-6-10(7-9)15-2/h8-10H,3-7,12H2,1-2H3,(H,13,14). The Labute approximate surface area is 91.5 Å². The molecule has 1 saturated carbocycles. The van der Waals surface area contributed by atoms with E-state index < -0.39 is 0 Å². The van der Waals surface area contributed by atoms with Crippen LogP contribution in [0.25, 0.3) is 0 Å². The van der Waals surface area contributed by atoms with Crippen molar-refractivity contribution in [3.05, 3.63) is 0 Å². The number of nitrogens with two attached hydrogens (primary N) is 1. The normalized spacial score (nSPS) is 26.9. The van der Waals surface area contributed by atoms with Crippen LogP contribution >= 0.6 is 0 Å². The second-order valence-corrected chi connectivity index (χ2v) is 4.37. The van der Waals surface area contributed by atoms with Gasteiger partial charge in [0.05, 0.1) is 6.10 Å². The number of amides is 1. The van der Waals surface area contributed by atoms with E-state index in [-0.39, 0.29) is 11.8 Å². The Bertz CT molecular complexity index is 203. The van der Waals surface area contributed by atoms with Crippen LogP contribution in [0.2, 0.25) is 0 Å². The molecule has 0 aromatic heterocycles. The maximum atomic E-state index is 11.7. The quantitative estimate of drug-likeness (QED) is 0.682. The minimum Gasteiger partial charge on any atom is -0.381 e. The maximum Gasteiger partial charge on any atom is 0.223 e. The van der Waals surface area contributed by atoms with Gasteiger partial charge in [0.15, 0.2) is 0 Å². The third kappa shape index (κ3) is 3.80. The molecule has 0 saturated heterocycles. The molecule has 15 heavy (non-hydrogen) atoms. The summed E-state index contributed by atoms with van der Waals surface area (Å²) in [5.74, 6) is 0.234. The first-order valence-electron chi connectivity index (χ1n) is 5.70. The van der Waals surface area contributed by atoms with Crippen molar-refractivity contribution < 1.29 is 9.53 Å². The Morgan fingerprint density at radius 3 is 2.80 bits per heavy atom. The van der Waals surface area contributed by atoms with Crippen molar-refractivity contribution in [1.82, 2.24) is 5.32 Å². The van der Waals surface area contributed by atoms with Gasteiger partial charge in [-0.15, -0.1) is 0 Å². The van der Waals surface area contributed by atoms with Gasteiger partial charge in [0, 0.05) is 19.1 Å². The molecule has 4 heteroatoms. The van der Waals surface area contributed by atoms with Crippen molar-refractivity contribution >= 4 is 5.91 Å². The number of ether oxygens (including phenoxy) is 1. The summed E-state index contributed by atoms with van der Waals surface area (Å²) in [5, 5.41) is 3.03. The molecule has 88 valence electrons. The number of hydrogen-bond donors (Lipinski definition) is 2. The van der Waals surface area contributed by atoms with Gasteiger partial charge in [-0.3, -0.25) is 4.79 Å². The summed E-state index contributed by atoms with van der Waals surface area (Å²) in [4.78, 5) is 11.7. The highest BCUT2D eigenvalue weighted by atomic mass is 16.5. The number of hydrogen-bond acceptors (Lipinski definition) is 3. The van der Waals surface area contributed by atoms with Gasteiger partial charge < -0.3 is 15.8 Å². The van der Waals surface area contributed by atoms with E-state index in [4.69, 9.17) is 10.5 Å². The van der Waals surface area contributed by atoms with Crippen molar-refractivity contribution in [3.63, 3.8) is 0 Å². The third-order valence-corrected chi connectivity index (χ3v) is 3.06. The van der Waals surface area contributed by atoms with Crippen molar-refractivity contribution in [1.29, 1.82) is 0 Å². The van der Waals surface area contributed by atoms with Crippen LogP contribution in [-0.4, -0.2) is 31.7 Å². The molecule has 0 aromatic carbocycles. The predicted molar refractivity (Wildman–Crippen MR) is 59.4 cm³/mol. The molecule has 1 fully saturated rings. The maximum absolute atomic E-state index is 11.7. The predicted octanol–water partition coefficient (Wildman–Crippen LogP) is 0.655. The van der Waals surface area contributed by atoms with E-state index in [1.807, 2.05) is 6.92 Å². The van der Waals surface area contributed by atoms with Gasteiger partial charge in [-0.1, -0.05) is 6.92 Å². The van der Waals surface area contributed by atoms with Crippen LogP contribution in [0.4, 0.5) is 0 Å². The third-order valence-electron chi connectivity index (χ3n) is 3.06. The summed E-state index contributed by atoms with van der Waals surface area (Å²) in [7, 11) is 1.71. The molecule has 1 unspecified atom stereocenters. The topological polar surface area (TPSA) is 64.3 Å². The minimum atomic E-state index is 0.0788. The van der Waals surface area contributed by atoms with E-state index in [1.165, 1.54) is 0 Å². The molecule has 1 aliphatic rings. The second-order valence-electron chi connectivity index (χ2n) is 4.37. The fraction of sp³-hybridized carbons (Fsp3) is 0.909. The molecule has 4 nitrogen and oxygen atoms in total. The summed E-state index contributed by atoms with van der Waals surface area (Å²) in [6.07, 6.45) is 4.04. The van der Waals surface area contributed by atoms with Gasteiger partial charge in [0.25, 0.3) is 0 Å². The first-order valence-corrected chi connectivity index (χ1v) is 5.70. The number of carbonyl (C=O) groups is 1. The first-order chi connectivity index (χ1) is 7.17. The average Bonchev–Trinajstić information content (AvgIpc) is 2.18. The van der Waals surface area contributed by atoms with Crippen molar-refractivity contribution in [2.45, 2.75) is 44.8 Å². The molecule has 0 bridgehead atoms. The smallest absolute Gasteiger partial charge is 0.223 e. The molecule has 0 aromatic rings. The average molecular weight is 214 g/mol. The lowest BCUT2D eigenvalue weighted by atomic mass is 9.88. The summed E-state index contributed by atoms with van der Waals surface area (Å²) in [6.45, 7) is 2.62. The second kappa shape index (κ2) is 6.08. The highest BCUT2D eigenvalue weighted by Gasteiger charge is 2.30. The monoisotopic (exact) mass is 214 g/mol. The van der Waals surface area contributed by atoms with Gasteiger partial charge in [-0.05, 0) is 32.2 Å². The number of nitrogens with one attached hydrogen (secondary N) is 1. The Kier molecular flexibility index (Phi) is 5.05.